The van der Waals surface area contributed by atoms with Crippen LogP contribution in [0.4, 0.5) is 5.69 Å². The number of pyridine rings is 1. The molecule has 0 saturated heterocycles. The van der Waals surface area contributed by atoms with Gasteiger partial charge >= 0.3 is 0 Å². The van der Waals surface area contributed by atoms with E-state index in [9.17, 15) is 16.8 Å². The van der Waals surface area contributed by atoms with Crippen molar-refractivity contribution < 1.29 is 16.8 Å². The maximum absolute atomic E-state index is 13.0. The van der Waals surface area contributed by atoms with Crippen molar-refractivity contribution in [3.63, 3.8) is 0 Å². The third-order valence-electron chi connectivity index (χ3n) is 4.61. The zero-order chi connectivity index (χ0) is 21.8. The molecule has 0 aliphatic heterocycles. The molecular weight excluding hydrogens is 422 g/mol. The molecule has 0 unspecified atom stereocenters. The van der Waals surface area contributed by atoms with E-state index in [4.69, 9.17) is 0 Å². The van der Waals surface area contributed by atoms with Crippen LogP contribution in [-0.2, 0) is 26.3 Å². The Morgan fingerprint density at radius 2 is 1.60 bits per heavy atom. The molecule has 1 aromatic heterocycles. The number of benzene rings is 2. The SMILES string of the molecule is CNc1ccc(S(=O)(=O)c2ccc(C)c(S(=O)(=O)NCCc3ccccn3)c2)cc1. The van der Waals surface area contributed by atoms with Crippen molar-refractivity contribution in [2.45, 2.75) is 28.0 Å². The normalized spacial score (nSPS) is 11.9. The summed E-state index contributed by atoms with van der Waals surface area (Å²) in [7, 11) is -6.01. The van der Waals surface area contributed by atoms with E-state index >= 15 is 0 Å². The molecule has 30 heavy (non-hydrogen) atoms. The Hall–Kier alpha value is -2.75. The average molecular weight is 446 g/mol. The smallest absolute Gasteiger partial charge is 0.240 e. The fourth-order valence-corrected chi connectivity index (χ4v) is 5.57. The largest absolute Gasteiger partial charge is 0.388 e. The first-order chi connectivity index (χ1) is 14.2. The third-order valence-corrected chi connectivity index (χ3v) is 7.98. The summed E-state index contributed by atoms with van der Waals surface area (Å²) in [5.41, 5.74) is 2.00. The molecular formula is C21H23N3O4S2. The summed E-state index contributed by atoms with van der Waals surface area (Å²) in [5.74, 6) is 0. The fraction of sp³-hybridized carbons (Fsp3) is 0.190. The van der Waals surface area contributed by atoms with Gasteiger partial charge in [0.25, 0.3) is 0 Å². The first-order valence-electron chi connectivity index (χ1n) is 9.27. The molecule has 0 aliphatic rings. The fourth-order valence-electron chi connectivity index (χ4n) is 2.91. The summed E-state index contributed by atoms with van der Waals surface area (Å²) >= 11 is 0. The molecule has 0 saturated carbocycles. The predicted molar refractivity (Wildman–Crippen MR) is 116 cm³/mol. The lowest BCUT2D eigenvalue weighted by Gasteiger charge is -2.12. The molecule has 7 nitrogen and oxygen atoms in total. The highest BCUT2D eigenvalue weighted by Gasteiger charge is 2.23. The molecule has 0 spiro atoms. The highest BCUT2D eigenvalue weighted by atomic mass is 32.2. The van der Waals surface area contributed by atoms with Crippen LogP contribution in [0.25, 0.3) is 0 Å². The summed E-state index contributed by atoms with van der Waals surface area (Å²) in [6, 6.07) is 15.8. The number of anilines is 1. The number of hydrogen-bond acceptors (Lipinski definition) is 6. The Kier molecular flexibility index (Phi) is 6.55. The molecule has 0 amide bonds. The standard InChI is InChI=1S/C21H23N3O4S2/c1-16-6-9-20(29(25,26)19-10-7-17(22-2)8-11-19)15-21(16)30(27,28)24-14-12-18-5-3-4-13-23-18/h3-11,13,15,22,24H,12,14H2,1-2H3. The van der Waals surface area contributed by atoms with E-state index in [1.165, 1.54) is 30.3 Å². The lowest BCUT2D eigenvalue weighted by Crippen LogP contribution is -2.27. The van der Waals surface area contributed by atoms with Gasteiger partial charge in [0, 0.05) is 37.6 Å². The maximum atomic E-state index is 13.0. The van der Waals surface area contributed by atoms with E-state index in [0.717, 1.165) is 11.4 Å². The highest BCUT2D eigenvalue weighted by molar-refractivity contribution is 7.91. The van der Waals surface area contributed by atoms with Crippen molar-refractivity contribution in [2.75, 3.05) is 18.9 Å². The second-order valence-corrected chi connectivity index (χ2v) is 10.4. The van der Waals surface area contributed by atoms with Gasteiger partial charge in [0.05, 0.1) is 14.7 Å². The number of sulfonamides is 1. The minimum absolute atomic E-state index is 0.0589. The monoisotopic (exact) mass is 445 g/mol. The minimum atomic E-state index is -3.89. The molecule has 0 aliphatic carbocycles. The number of nitrogens with one attached hydrogen (secondary N) is 2. The van der Waals surface area contributed by atoms with Gasteiger partial charge < -0.3 is 5.32 Å². The van der Waals surface area contributed by atoms with Crippen LogP contribution in [0.15, 0.2) is 81.5 Å². The molecule has 3 aromatic rings. The number of aryl methyl sites for hydroxylation is 1. The molecule has 1 heterocycles. The summed E-state index contributed by atoms with van der Waals surface area (Å²) in [4.78, 5) is 4.12. The number of rotatable bonds is 8. The van der Waals surface area contributed by atoms with Crippen molar-refractivity contribution in [2.24, 2.45) is 0 Å². The Balaban J connectivity index is 1.86. The molecule has 0 bridgehead atoms. The molecule has 0 atom stereocenters. The zero-order valence-corrected chi connectivity index (χ0v) is 18.3. The van der Waals surface area contributed by atoms with Gasteiger partial charge in [0.2, 0.25) is 19.9 Å². The van der Waals surface area contributed by atoms with Crippen LogP contribution in [0.1, 0.15) is 11.3 Å². The van der Waals surface area contributed by atoms with Gasteiger partial charge in [0.1, 0.15) is 0 Å². The van der Waals surface area contributed by atoms with Crippen molar-refractivity contribution >= 4 is 25.5 Å². The Bertz CT molecular complexity index is 1230. The van der Waals surface area contributed by atoms with Gasteiger partial charge in [-0.3, -0.25) is 4.98 Å². The van der Waals surface area contributed by atoms with Crippen molar-refractivity contribution in [3.05, 3.63) is 78.1 Å². The third kappa shape index (κ3) is 4.86. The van der Waals surface area contributed by atoms with E-state index in [1.54, 1.807) is 38.4 Å². The van der Waals surface area contributed by atoms with Gasteiger partial charge in [0.15, 0.2) is 0 Å². The summed E-state index contributed by atoms with van der Waals surface area (Å²) in [5, 5.41) is 2.93. The van der Waals surface area contributed by atoms with Crippen LogP contribution in [0.5, 0.6) is 0 Å². The van der Waals surface area contributed by atoms with E-state index < -0.39 is 19.9 Å². The summed E-state index contributed by atoms with van der Waals surface area (Å²) in [6.07, 6.45) is 2.07. The quantitative estimate of drug-likeness (QED) is 0.552. The van der Waals surface area contributed by atoms with Crippen LogP contribution in [0, 0.1) is 6.92 Å². The maximum Gasteiger partial charge on any atom is 0.240 e. The van der Waals surface area contributed by atoms with Crippen LogP contribution in [0.3, 0.4) is 0 Å². The zero-order valence-electron chi connectivity index (χ0n) is 16.7. The van der Waals surface area contributed by atoms with Crippen molar-refractivity contribution in [1.82, 2.24) is 9.71 Å². The van der Waals surface area contributed by atoms with Crippen LogP contribution < -0.4 is 10.0 Å². The van der Waals surface area contributed by atoms with E-state index in [2.05, 4.69) is 15.0 Å². The number of sulfone groups is 1. The van der Waals surface area contributed by atoms with E-state index in [0.29, 0.717) is 12.0 Å². The molecule has 158 valence electrons. The predicted octanol–water partition coefficient (Wildman–Crippen LogP) is 2.79. The van der Waals surface area contributed by atoms with Crippen molar-refractivity contribution in [1.29, 1.82) is 0 Å². The Labute approximate surface area is 177 Å². The number of nitrogens with zero attached hydrogens (tertiary/aromatic N) is 1. The molecule has 0 radical (unpaired) electrons. The minimum Gasteiger partial charge on any atom is -0.388 e. The average Bonchev–Trinajstić information content (AvgIpc) is 2.74. The van der Waals surface area contributed by atoms with Gasteiger partial charge in [-0.15, -0.1) is 0 Å². The molecule has 3 rings (SSSR count). The van der Waals surface area contributed by atoms with Gasteiger partial charge in [-0.25, -0.2) is 21.6 Å². The number of hydrogen-bond donors (Lipinski definition) is 2. The second-order valence-electron chi connectivity index (χ2n) is 6.67. The first kappa shape index (κ1) is 21.9. The second kappa shape index (κ2) is 8.95. The van der Waals surface area contributed by atoms with Crippen LogP contribution >= 0.6 is 0 Å². The highest BCUT2D eigenvalue weighted by Crippen LogP contribution is 2.26. The number of aromatic nitrogens is 1. The molecule has 9 heteroatoms. The lowest BCUT2D eigenvalue weighted by molar-refractivity contribution is 0.580. The van der Waals surface area contributed by atoms with Gasteiger partial charge in [-0.1, -0.05) is 12.1 Å². The summed E-state index contributed by atoms with van der Waals surface area (Å²) < 4.78 is 54.1. The Morgan fingerprint density at radius 1 is 0.900 bits per heavy atom. The van der Waals surface area contributed by atoms with E-state index in [-0.39, 0.29) is 21.2 Å². The molecule has 0 fully saturated rings. The van der Waals surface area contributed by atoms with Gasteiger partial charge in [-0.05, 0) is 61.0 Å². The van der Waals surface area contributed by atoms with Gasteiger partial charge in [-0.2, -0.15) is 0 Å². The summed E-state index contributed by atoms with van der Waals surface area (Å²) in [6.45, 7) is 1.78. The van der Waals surface area contributed by atoms with Crippen LogP contribution in [-0.4, -0.2) is 35.4 Å². The molecule has 2 N–H and O–H groups in total. The van der Waals surface area contributed by atoms with Crippen LogP contribution in [0.2, 0.25) is 0 Å². The topological polar surface area (TPSA) is 105 Å². The molecule has 2 aromatic carbocycles. The Morgan fingerprint density at radius 3 is 2.23 bits per heavy atom. The first-order valence-corrected chi connectivity index (χ1v) is 12.2. The lowest BCUT2D eigenvalue weighted by atomic mass is 10.2. The van der Waals surface area contributed by atoms with Crippen molar-refractivity contribution in [3.8, 4) is 0 Å². The van der Waals surface area contributed by atoms with E-state index in [1.807, 2.05) is 12.1 Å².